The fourth-order valence-corrected chi connectivity index (χ4v) is 1.65. The van der Waals surface area contributed by atoms with Gasteiger partial charge in [-0.1, -0.05) is 0 Å². The van der Waals surface area contributed by atoms with E-state index >= 15 is 0 Å². The lowest BCUT2D eigenvalue weighted by Gasteiger charge is -2.16. The molecule has 2 rings (SSSR count). The molecule has 7 heteroatoms. The second-order valence-corrected chi connectivity index (χ2v) is 3.42. The summed E-state index contributed by atoms with van der Waals surface area (Å²) in [4.78, 5) is 3.78. The molecule has 2 heterocycles. The highest BCUT2D eigenvalue weighted by Gasteiger charge is 2.43. The maximum Gasteiger partial charge on any atom is 0.202 e. The zero-order valence-electron chi connectivity index (χ0n) is 7.89. The van der Waals surface area contributed by atoms with Crippen molar-refractivity contribution in [2.24, 2.45) is 0 Å². The van der Waals surface area contributed by atoms with Crippen LogP contribution in [0.25, 0.3) is 0 Å². The van der Waals surface area contributed by atoms with Gasteiger partial charge < -0.3 is 25.8 Å². The van der Waals surface area contributed by atoms with Crippen LogP contribution in [0.5, 0.6) is 0 Å². The van der Waals surface area contributed by atoms with Crippen molar-refractivity contribution in [3.8, 4) is 0 Å². The Balaban J connectivity index is 2.22. The largest absolute Gasteiger partial charge is 0.394 e. The zero-order valence-corrected chi connectivity index (χ0v) is 7.89. The van der Waals surface area contributed by atoms with Crippen LogP contribution in [0.4, 0.5) is 5.95 Å². The van der Waals surface area contributed by atoms with Crippen LogP contribution >= 0.6 is 0 Å². The highest BCUT2D eigenvalue weighted by Crippen LogP contribution is 2.30. The third-order valence-electron chi connectivity index (χ3n) is 2.49. The van der Waals surface area contributed by atoms with Crippen LogP contribution in [0, 0.1) is 0 Å². The molecule has 0 aliphatic carbocycles. The molecule has 1 aromatic rings. The number of nitrogens with zero attached hydrogens (tertiary/aromatic N) is 2. The van der Waals surface area contributed by atoms with Gasteiger partial charge in [0.25, 0.3) is 0 Å². The van der Waals surface area contributed by atoms with Crippen molar-refractivity contribution in [1.29, 1.82) is 0 Å². The highest BCUT2D eigenvalue weighted by atomic mass is 16.6. The summed E-state index contributed by atoms with van der Waals surface area (Å²) in [5.41, 5.74) is 5.53. The fourth-order valence-electron chi connectivity index (χ4n) is 1.65. The number of aromatic nitrogens is 2. The van der Waals surface area contributed by atoms with Crippen molar-refractivity contribution in [2.75, 3.05) is 12.3 Å². The molecule has 5 N–H and O–H groups in total. The van der Waals surface area contributed by atoms with Crippen LogP contribution in [-0.4, -0.2) is 49.8 Å². The molecule has 0 radical (unpaired) electrons. The minimum absolute atomic E-state index is 0.185. The zero-order chi connectivity index (χ0) is 11.0. The van der Waals surface area contributed by atoms with E-state index in [0.717, 1.165) is 0 Å². The maximum absolute atomic E-state index is 9.66. The number of nitrogens with two attached hydrogens (primary N) is 1. The van der Waals surface area contributed by atoms with Gasteiger partial charge in [-0.05, 0) is 0 Å². The molecule has 1 saturated heterocycles. The average Bonchev–Trinajstić information content (AvgIpc) is 2.74. The van der Waals surface area contributed by atoms with E-state index in [0.29, 0.717) is 0 Å². The first-order valence-corrected chi connectivity index (χ1v) is 4.56. The second-order valence-electron chi connectivity index (χ2n) is 3.42. The van der Waals surface area contributed by atoms with Crippen LogP contribution in [0.2, 0.25) is 0 Å². The Morgan fingerprint density at radius 1 is 1.47 bits per heavy atom. The van der Waals surface area contributed by atoms with Gasteiger partial charge in [0.15, 0.2) is 6.23 Å². The molecule has 1 fully saturated rings. The van der Waals surface area contributed by atoms with Crippen molar-refractivity contribution in [3.05, 3.63) is 12.4 Å². The minimum Gasteiger partial charge on any atom is -0.394 e. The van der Waals surface area contributed by atoms with Crippen LogP contribution in [-0.2, 0) is 4.74 Å². The summed E-state index contributed by atoms with van der Waals surface area (Å²) in [5, 5.41) is 28.1. The van der Waals surface area contributed by atoms with Crippen LogP contribution in [0.1, 0.15) is 6.23 Å². The van der Waals surface area contributed by atoms with Gasteiger partial charge in [0.05, 0.1) is 6.61 Å². The molecular weight excluding hydrogens is 202 g/mol. The van der Waals surface area contributed by atoms with Crippen LogP contribution in [0.3, 0.4) is 0 Å². The molecule has 1 aliphatic heterocycles. The van der Waals surface area contributed by atoms with E-state index < -0.39 is 24.5 Å². The topological polar surface area (TPSA) is 114 Å². The Morgan fingerprint density at radius 3 is 2.67 bits per heavy atom. The molecule has 15 heavy (non-hydrogen) atoms. The van der Waals surface area contributed by atoms with Gasteiger partial charge in [0.1, 0.15) is 18.3 Å². The van der Waals surface area contributed by atoms with E-state index in [1.807, 2.05) is 0 Å². The maximum atomic E-state index is 9.66. The SMILES string of the molecule is Nc1nccn1[C@H]1O[C@H](CO)[C@@H](O)[C@@H]1O. The molecule has 0 spiro atoms. The Morgan fingerprint density at radius 2 is 2.20 bits per heavy atom. The Labute approximate surface area is 85.7 Å². The number of anilines is 1. The first-order valence-electron chi connectivity index (χ1n) is 4.56. The highest BCUT2D eigenvalue weighted by molar-refractivity contribution is 5.18. The number of hydrogen-bond acceptors (Lipinski definition) is 6. The monoisotopic (exact) mass is 215 g/mol. The number of rotatable bonds is 2. The molecule has 4 atom stereocenters. The van der Waals surface area contributed by atoms with Gasteiger partial charge in [-0.15, -0.1) is 0 Å². The summed E-state index contributed by atoms with van der Waals surface area (Å²) < 4.78 is 6.66. The number of aliphatic hydroxyl groups is 3. The smallest absolute Gasteiger partial charge is 0.202 e. The van der Waals surface area contributed by atoms with Gasteiger partial charge in [-0.2, -0.15) is 0 Å². The summed E-state index contributed by atoms with van der Waals surface area (Å²) in [6.07, 6.45) is -0.855. The minimum atomic E-state index is -1.13. The quantitative estimate of drug-likeness (QED) is 0.457. The average molecular weight is 215 g/mol. The van der Waals surface area contributed by atoms with Gasteiger partial charge in [0.2, 0.25) is 5.95 Å². The van der Waals surface area contributed by atoms with Crippen LogP contribution < -0.4 is 5.73 Å². The van der Waals surface area contributed by atoms with Crippen molar-refractivity contribution >= 4 is 5.95 Å². The molecule has 1 aromatic heterocycles. The summed E-state index contributed by atoms with van der Waals surface area (Å²) >= 11 is 0. The van der Waals surface area contributed by atoms with Gasteiger partial charge >= 0.3 is 0 Å². The van der Waals surface area contributed by atoms with E-state index in [2.05, 4.69) is 4.98 Å². The number of imidazole rings is 1. The molecule has 0 saturated carbocycles. The van der Waals surface area contributed by atoms with E-state index in [1.165, 1.54) is 17.0 Å². The molecule has 1 aliphatic rings. The second kappa shape index (κ2) is 3.78. The summed E-state index contributed by atoms with van der Waals surface area (Å²) in [6, 6.07) is 0. The number of nitrogen functional groups attached to an aromatic ring is 1. The normalized spacial score (nSPS) is 35.9. The lowest BCUT2D eigenvalue weighted by atomic mass is 10.1. The lowest BCUT2D eigenvalue weighted by molar-refractivity contribution is -0.0517. The first kappa shape index (κ1) is 10.4. The third kappa shape index (κ3) is 1.59. The van der Waals surface area contributed by atoms with E-state index in [-0.39, 0.29) is 12.6 Å². The van der Waals surface area contributed by atoms with Gasteiger partial charge in [-0.3, -0.25) is 4.57 Å². The van der Waals surface area contributed by atoms with Crippen molar-refractivity contribution in [1.82, 2.24) is 9.55 Å². The molecular formula is C8H13N3O4. The fraction of sp³-hybridized carbons (Fsp3) is 0.625. The predicted octanol–water partition coefficient (Wildman–Crippen LogP) is -1.92. The molecule has 0 bridgehead atoms. The summed E-state index contributed by atoms with van der Waals surface area (Å²) in [5.74, 6) is 0.185. The van der Waals surface area contributed by atoms with E-state index in [1.54, 1.807) is 0 Å². The van der Waals surface area contributed by atoms with E-state index in [9.17, 15) is 10.2 Å². The number of aliphatic hydroxyl groups excluding tert-OH is 3. The Kier molecular flexibility index (Phi) is 2.61. The Bertz CT molecular complexity index is 342. The molecule has 0 unspecified atom stereocenters. The third-order valence-corrected chi connectivity index (χ3v) is 2.49. The van der Waals surface area contributed by atoms with Crippen molar-refractivity contribution in [2.45, 2.75) is 24.5 Å². The molecule has 7 nitrogen and oxygen atoms in total. The number of hydrogen-bond donors (Lipinski definition) is 4. The molecule has 0 aromatic carbocycles. The van der Waals surface area contributed by atoms with Gasteiger partial charge in [-0.25, -0.2) is 4.98 Å². The van der Waals surface area contributed by atoms with Crippen molar-refractivity contribution in [3.63, 3.8) is 0 Å². The van der Waals surface area contributed by atoms with E-state index in [4.69, 9.17) is 15.6 Å². The lowest BCUT2D eigenvalue weighted by Crippen LogP contribution is -2.33. The first-order chi connectivity index (χ1) is 7.15. The predicted molar refractivity (Wildman–Crippen MR) is 49.6 cm³/mol. The summed E-state index contributed by atoms with van der Waals surface area (Å²) in [6.45, 7) is -0.358. The van der Waals surface area contributed by atoms with Gasteiger partial charge in [0, 0.05) is 12.4 Å². The number of ether oxygens (including phenoxy) is 1. The standard InChI is InChI=1S/C8H13N3O4/c9-8-10-1-2-11(8)7-6(14)5(13)4(3-12)15-7/h1-2,4-7,12-14H,3H2,(H2,9,10)/t4-,5-,6+,7+/m1/s1. The van der Waals surface area contributed by atoms with Crippen molar-refractivity contribution < 1.29 is 20.1 Å². The molecule has 84 valence electrons. The Hall–Kier alpha value is -1.15. The molecule has 0 amide bonds. The summed E-state index contributed by atoms with van der Waals surface area (Å²) in [7, 11) is 0. The van der Waals surface area contributed by atoms with Crippen LogP contribution in [0.15, 0.2) is 12.4 Å².